The van der Waals surface area contributed by atoms with Gasteiger partial charge in [0.25, 0.3) is 5.91 Å². The van der Waals surface area contributed by atoms with E-state index in [-0.39, 0.29) is 10.4 Å². The van der Waals surface area contributed by atoms with Gasteiger partial charge in [0, 0.05) is 16.9 Å². The molecule has 0 spiro atoms. The first-order chi connectivity index (χ1) is 9.20. The van der Waals surface area contributed by atoms with Gasteiger partial charge >= 0.3 is 6.18 Å². The minimum Gasteiger partial charge on any atom is -0.351 e. The number of carbonyl (C=O) groups excluding carboxylic acids is 1. The predicted molar refractivity (Wildman–Crippen MR) is 75.9 cm³/mol. The summed E-state index contributed by atoms with van der Waals surface area (Å²) in [5.41, 5.74) is -0.799. The molecule has 0 saturated carbocycles. The smallest absolute Gasteiger partial charge is 0.351 e. The van der Waals surface area contributed by atoms with E-state index in [0.717, 1.165) is 18.6 Å². The van der Waals surface area contributed by atoms with E-state index in [1.54, 1.807) is 0 Å². The van der Waals surface area contributed by atoms with Crippen LogP contribution in [0.1, 0.15) is 36.2 Å². The van der Waals surface area contributed by atoms with Gasteiger partial charge in [-0.25, -0.2) is 0 Å². The van der Waals surface area contributed by atoms with Gasteiger partial charge in [-0.05, 0) is 30.5 Å². The highest BCUT2D eigenvalue weighted by molar-refractivity contribution is 9.09. The zero-order valence-corrected chi connectivity index (χ0v) is 12.9. The van der Waals surface area contributed by atoms with Crippen LogP contribution in [0.15, 0.2) is 24.3 Å². The maximum absolute atomic E-state index is 12.5. The van der Waals surface area contributed by atoms with E-state index in [1.165, 1.54) is 12.1 Å². The van der Waals surface area contributed by atoms with Crippen molar-refractivity contribution in [1.82, 2.24) is 5.32 Å². The molecule has 1 aromatic carbocycles. The molecule has 1 amide bonds. The van der Waals surface area contributed by atoms with Crippen LogP contribution in [0.4, 0.5) is 13.2 Å². The lowest BCUT2D eigenvalue weighted by molar-refractivity contribution is -0.137. The highest BCUT2D eigenvalue weighted by atomic mass is 79.9. The Balaban J connectivity index is 2.64. The van der Waals surface area contributed by atoms with Gasteiger partial charge in [0.15, 0.2) is 0 Å². The molecule has 0 saturated heterocycles. The summed E-state index contributed by atoms with van der Waals surface area (Å²) in [7, 11) is 0. The fraction of sp³-hybridized carbons (Fsp3) is 0.500. The zero-order valence-electron chi connectivity index (χ0n) is 11.3. The van der Waals surface area contributed by atoms with Crippen LogP contribution in [0.25, 0.3) is 0 Å². The lowest BCUT2D eigenvalue weighted by Crippen LogP contribution is -2.30. The van der Waals surface area contributed by atoms with Crippen molar-refractivity contribution < 1.29 is 18.0 Å². The number of rotatable bonds is 5. The highest BCUT2D eigenvalue weighted by Crippen LogP contribution is 2.29. The maximum atomic E-state index is 12.5. The molecule has 0 bridgehead atoms. The fourth-order valence-corrected chi connectivity index (χ4v) is 2.65. The largest absolute Gasteiger partial charge is 0.416 e. The molecule has 112 valence electrons. The molecule has 0 aliphatic carbocycles. The van der Waals surface area contributed by atoms with E-state index < -0.39 is 17.6 Å². The van der Waals surface area contributed by atoms with Crippen molar-refractivity contribution >= 4 is 21.8 Å². The van der Waals surface area contributed by atoms with Gasteiger partial charge in [0.2, 0.25) is 0 Å². The molecule has 20 heavy (non-hydrogen) atoms. The maximum Gasteiger partial charge on any atom is 0.416 e. The van der Waals surface area contributed by atoms with Crippen molar-refractivity contribution in [2.75, 3.05) is 6.54 Å². The van der Waals surface area contributed by atoms with Crippen LogP contribution in [0.3, 0.4) is 0 Å². The molecule has 0 radical (unpaired) electrons. The van der Waals surface area contributed by atoms with Gasteiger partial charge in [-0.3, -0.25) is 4.79 Å². The van der Waals surface area contributed by atoms with E-state index in [4.69, 9.17) is 0 Å². The normalized spacial score (nSPS) is 13.3. The van der Waals surface area contributed by atoms with Crippen LogP contribution in [-0.4, -0.2) is 17.3 Å². The molecule has 1 rings (SSSR count). The summed E-state index contributed by atoms with van der Waals surface area (Å²) in [6.07, 6.45) is -3.56. The third kappa shape index (κ3) is 5.53. The first-order valence-corrected chi connectivity index (χ1v) is 7.21. The summed E-state index contributed by atoms with van der Waals surface area (Å²) in [6.45, 7) is 4.50. The van der Waals surface area contributed by atoms with Crippen LogP contribution in [0.5, 0.6) is 0 Å². The number of nitrogens with one attached hydrogen (secondary N) is 1. The second-order valence-corrected chi connectivity index (χ2v) is 6.31. The minimum absolute atomic E-state index is 0.0177. The lowest BCUT2D eigenvalue weighted by atomic mass is 10.1. The Labute approximate surface area is 124 Å². The molecule has 0 aliphatic heterocycles. The summed E-state index contributed by atoms with van der Waals surface area (Å²) in [6, 6.07) is 4.41. The third-order valence-electron chi connectivity index (χ3n) is 2.66. The van der Waals surface area contributed by atoms with E-state index in [2.05, 4.69) is 35.1 Å². The first-order valence-electron chi connectivity index (χ1n) is 6.29. The molecule has 0 heterocycles. The summed E-state index contributed by atoms with van der Waals surface area (Å²) in [5, 5.41) is 2.63. The van der Waals surface area contributed by atoms with Crippen molar-refractivity contribution in [1.29, 1.82) is 0 Å². The number of hydrogen-bond donors (Lipinski definition) is 1. The Morgan fingerprint density at radius 2 is 2.00 bits per heavy atom. The summed E-state index contributed by atoms with van der Waals surface area (Å²) in [5.74, 6) is -0.0193. The highest BCUT2D eigenvalue weighted by Gasteiger charge is 2.30. The van der Waals surface area contributed by atoms with Crippen molar-refractivity contribution in [3.63, 3.8) is 0 Å². The summed E-state index contributed by atoms with van der Waals surface area (Å²) >= 11 is 3.43. The van der Waals surface area contributed by atoms with Gasteiger partial charge in [-0.2, -0.15) is 13.2 Å². The monoisotopic (exact) mass is 351 g/mol. The Kier molecular flexibility index (Phi) is 6.05. The van der Waals surface area contributed by atoms with Gasteiger partial charge in [-0.15, -0.1) is 0 Å². The standard InChI is InChI=1S/C14H17BrF3NO/c1-9(2)6-12(15)8-19-13(20)10-4-3-5-11(7-10)14(16,17)18/h3-5,7,9,12H,6,8H2,1-2H3,(H,19,20). The lowest BCUT2D eigenvalue weighted by Gasteiger charge is -2.14. The number of amides is 1. The zero-order chi connectivity index (χ0) is 15.3. The molecular formula is C14H17BrF3NO. The molecular weight excluding hydrogens is 335 g/mol. The Bertz CT molecular complexity index is 460. The fourth-order valence-electron chi connectivity index (χ4n) is 1.74. The Hall–Kier alpha value is -1.04. The first kappa shape index (κ1) is 17.0. The summed E-state index contributed by atoms with van der Waals surface area (Å²) in [4.78, 5) is 11.9. The van der Waals surface area contributed by atoms with Gasteiger partial charge in [0.1, 0.15) is 0 Å². The van der Waals surface area contributed by atoms with Crippen LogP contribution in [-0.2, 0) is 6.18 Å². The minimum atomic E-state index is -4.44. The molecule has 1 unspecified atom stereocenters. The van der Waals surface area contributed by atoms with E-state index in [1.807, 2.05) is 0 Å². The molecule has 0 aliphatic rings. The topological polar surface area (TPSA) is 29.1 Å². The van der Waals surface area contributed by atoms with Gasteiger partial charge in [-0.1, -0.05) is 35.8 Å². The average Bonchev–Trinajstić information content (AvgIpc) is 2.34. The van der Waals surface area contributed by atoms with Crippen LogP contribution < -0.4 is 5.32 Å². The second kappa shape index (κ2) is 7.11. The van der Waals surface area contributed by atoms with Crippen molar-refractivity contribution in [2.45, 2.75) is 31.3 Å². The average molecular weight is 352 g/mol. The number of halogens is 4. The van der Waals surface area contributed by atoms with E-state index in [0.29, 0.717) is 12.5 Å². The van der Waals surface area contributed by atoms with Gasteiger partial charge < -0.3 is 5.32 Å². The van der Waals surface area contributed by atoms with Crippen LogP contribution in [0, 0.1) is 5.92 Å². The van der Waals surface area contributed by atoms with E-state index in [9.17, 15) is 18.0 Å². The van der Waals surface area contributed by atoms with Crippen LogP contribution >= 0.6 is 15.9 Å². The number of carbonyl (C=O) groups is 1. The van der Waals surface area contributed by atoms with Crippen molar-refractivity contribution in [2.24, 2.45) is 5.92 Å². The SMILES string of the molecule is CC(C)CC(Br)CNC(=O)c1cccc(C(F)(F)F)c1. The molecule has 0 fully saturated rings. The summed E-state index contributed by atoms with van der Waals surface area (Å²) < 4.78 is 37.6. The number of alkyl halides is 4. The molecule has 6 heteroatoms. The molecule has 1 N–H and O–H groups in total. The van der Waals surface area contributed by atoms with Crippen molar-refractivity contribution in [3.8, 4) is 0 Å². The van der Waals surface area contributed by atoms with Crippen LogP contribution in [0.2, 0.25) is 0 Å². The van der Waals surface area contributed by atoms with Crippen molar-refractivity contribution in [3.05, 3.63) is 35.4 Å². The molecule has 1 aromatic rings. The molecule has 0 aromatic heterocycles. The quantitative estimate of drug-likeness (QED) is 0.789. The van der Waals surface area contributed by atoms with E-state index >= 15 is 0 Å². The number of benzene rings is 1. The molecule has 1 atom stereocenters. The number of hydrogen-bond acceptors (Lipinski definition) is 1. The Morgan fingerprint density at radius 3 is 2.55 bits per heavy atom. The second-order valence-electron chi connectivity index (χ2n) is 5.02. The van der Waals surface area contributed by atoms with Gasteiger partial charge in [0.05, 0.1) is 5.56 Å². The molecule has 2 nitrogen and oxygen atoms in total. The predicted octanol–water partition coefficient (Wildman–Crippen LogP) is 4.24. The third-order valence-corrected chi connectivity index (χ3v) is 3.36. The Morgan fingerprint density at radius 1 is 1.35 bits per heavy atom.